The maximum Gasteiger partial charge on any atom is 0.193 e. The number of aliphatic imine (C=N–C) groups is 1. The summed E-state index contributed by atoms with van der Waals surface area (Å²) in [6.07, 6.45) is 2.45. The molecule has 3 saturated heterocycles. The van der Waals surface area contributed by atoms with Crippen LogP contribution in [-0.4, -0.2) is 99.8 Å². The van der Waals surface area contributed by atoms with Crippen LogP contribution >= 0.6 is 0 Å². The van der Waals surface area contributed by atoms with E-state index in [1.54, 1.807) is 0 Å². The van der Waals surface area contributed by atoms with Crippen LogP contribution in [0.1, 0.15) is 26.7 Å². The van der Waals surface area contributed by atoms with Crippen LogP contribution in [0.4, 0.5) is 0 Å². The van der Waals surface area contributed by atoms with E-state index in [1.165, 1.54) is 52.1 Å². The van der Waals surface area contributed by atoms with Gasteiger partial charge in [0.2, 0.25) is 0 Å². The lowest BCUT2D eigenvalue weighted by molar-refractivity contribution is 0.124. The van der Waals surface area contributed by atoms with Crippen molar-refractivity contribution in [3.63, 3.8) is 0 Å². The van der Waals surface area contributed by atoms with Gasteiger partial charge in [-0.3, -0.25) is 4.99 Å². The Kier molecular flexibility index (Phi) is 6.58. The first-order valence-corrected chi connectivity index (χ1v) is 10.1. The molecule has 3 rings (SSSR count). The molecule has 144 valence electrons. The second-order valence-electron chi connectivity index (χ2n) is 8.24. The van der Waals surface area contributed by atoms with Crippen molar-refractivity contribution < 1.29 is 4.74 Å². The zero-order chi connectivity index (χ0) is 17.7. The number of ether oxygens (including phenoxy) is 1. The molecule has 25 heavy (non-hydrogen) atoms. The Hall–Kier alpha value is -0.850. The van der Waals surface area contributed by atoms with Crippen LogP contribution in [-0.2, 0) is 4.74 Å². The van der Waals surface area contributed by atoms with E-state index in [-0.39, 0.29) is 0 Å². The van der Waals surface area contributed by atoms with Crippen LogP contribution in [0.3, 0.4) is 0 Å². The average Bonchev–Trinajstić information content (AvgIpc) is 3.26. The summed E-state index contributed by atoms with van der Waals surface area (Å²) in [7, 11) is 1.91. The molecule has 1 N–H and O–H groups in total. The second kappa shape index (κ2) is 8.69. The minimum atomic E-state index is 0.391. The van der Waals surface area contributed by atoms with Gasteiger partial charge >= 0.3 is 0 Å². The van der Waals surface area contributed by atoms with E-state index in [9.17, 15) is 0 Å². The summed E-state index contributed by atoms with van der Waals surface area (Å²) in [6, 6.07) is 0. The third kappa shape index (κ3) is 4.86. The lowest BCUT2D eigenvalue weighted by Crippen LogP contribution is -2.49. The topological polar surface area (TPSA) is 43.3 Å². The fourth-order valence-electron chi connectivity index (χ4n) is 4.48. The van der Waals surface area contributed by atoms with Crippen molar-refractivity contribution in [2.75, 3.05) is 79.2 Å². The zero-order valence-electron chi connectivity index (χ0n) is 16.5. The maximum absolute atomic E-state index is 5.65. The summed E-state index contributed by atoms with van der Waals surface area (Å²) in [5.74, 6) is 1.71. The number of likely N-dealkylation sites (tertiary alicyclic amines) is 1. The fraction of sp³-hybridized carbons (Fsp3) is 0.947. The molecular formula is C19H37N5O. The van der Waals surface area contributed by atoms with Gasteiger partial charge < -0.3 is 24.8 Å². The molecule has 0 aromatic rings. The smallest absolute Gasteiger partial charge is 0.193 e. The van der Waals surface area contributed by atoms with E-state index in [0.29, 0.717) is 11.3 Å². The number of nitrogens with one attached hydrogen (secondary N) is 1. The molecule has 1 spiro atoms. The van der Waals surface area contributed by atoms with Crippen LogP contribution < -0.4 is 5.32 Å². The molecule has 0 amide bonds. The number of piperazine rings is 1. The van der Waals surface area contributed by atoms with E-state index < -0.39 is 0 Å². The number of hydrogen-bond donors (Lipinski definition) is 1. The van der Waals surface area contributed by atoms with Crippen molar-refractivity contribution in [3.8, 4) is 0 Å². The highest BCUT2D eigenvalue weighted by Gasteiger charge is 2.42. The predicted molar refractivity (Wildman–Crippen MR) is 103 cm³/mol. The van der Waals surface area contributed by atoms with Gasteiger partial charge in [0.1, 0.15) is 0 Å². The number of nitrogens with zero attached hydrogens (tertiary/aromatic N) is 4. The van der Waals surface area contributed by atoms with Gasteiger partial charge in [0.25, 0.3) is 0 Å². The van der Waals surface area contributed by atoms with Crippen LogP contribution in [0.15, 0.2) is 4.99 Å². The SMILES string of the molecule is CCN1CCN(CC(C)CNC(=NC)N2CCC3(CCOC3)C2)CC1. The molecule has 2 unspecified atom stereocenters. The Morgan fingerprint density at radius 2 is 1.92 bits per heavy atom. The average molecular weight is 352 g/mol. The molecule has 3 aliphatic rings. The molecule has 0 aromatic heterocycles. The van der Waals surface area contributed by atoms with Crippen molar-refractivity contribution in [3.05, 3.63) is 0 Å². The minimum absolute atomic E-state index is 0.391. The standard InChI is InChI=1S/C19H37N5O/c1-4-22-8-10-23(11-9-22)14-17(2)13-21-18(20-3)24-7-5-19(15-24)6-12-25-16-19/h17H,4-16H2,1-3H3,(H,20,21). The number of hydrogen-bond acceptors (Lipinski definition) is 4. The fourth-order valence-corrected chi connectivity index (χ4v) is 4.48. The first kappa shape index (κ1) is 18.9. The Morgan fingerprint density at radius 3 is 2.56 bits per heavy atom. The second-order valence-corrected chi connectivity index (χ2v) is 8.24. The predicted octanol–water partition coefficient (Wildman–Crippen LogP) is 0.948. The lowest BCUT2D eigenvalue weighted by Gasteiger charge is -2.35. The summed E-state index contributed by atoms with van der Waals surface area (Å²) in [6.45, 7) is 16.9. The Morgan fingerprint density at radius 1 is 1.16 bits per heavy atom. The zero-order valence-corrected chi connectivity index (χ0v) is 16.5. The van der Waals surface area contributed by atoms with E-state index in [0.717, 1.165) is 38.8 Å². The Bertz CT molecular complexity index is 441. The highest BCUT2D eigenvalue weighted by atomic mass is 16.5. The van der Waals surface area contributed by atoms with Gasteiger partial charge in [-0.2, -0.15) is 0 Å². The van der Waals surface area contributed by atoms with Crippen molar-refractivity contribution in [2.24, 2.45) is 16.3 Å². The molecule has 2 atom stereocenters. The summed E-state index contributed by atoms with van der Waals surface area (Å²) in [5.41, 5.74) is 0.391. The summed E-state index contributed by atoms with van der Waals surface area (Å²) in [5, 5.41) is 3.63. The van der Waals surface area contributed by atoms with Gasteiger partial charge in [0.15, 0.2) is 5.96 Å². The molecule has 0 aromatic carbocycles. The van der Waals surface area contributed by atoms with Crippen molar-refractivity contribution in [2.45, 2.75) is 26.7 Å². The molecular weight excluding hydrogens is 314 g/mol. The maximum atomic E-state index is 5.65. The van der Waals surface area contributed by atoms with Crippen LogP contribution in [0.5, 0.6) is 0 Å². The molecule has 3 aliphatic heterocycles. The molecule has 0 saturated carbocycles. The highest BCUT2D eigenvalue weighted by molar-refractivity contribution is 5.80. The van der Waals surface area contributed by atoms with Crippen molar-refractivity contribution in [1.82, 2.24) is 20.0 Å². The molecule has 6 heteroatoms. The summed E-state index contributed by atoms with van der Waals surface area (Å²) >= 11 is 0. The third-order valence-corrected chi connectivity index (χ3v) is 6.23. The van der Waals surface area contributed by atoms with Crippen LogP contribution in [0.2, 0.25) is 0 Å². The number of rotatable bonds is 5. The quantitative estimate of drug-likeness (QED) is 0.590. The van der Waals surface area contributed by atoms with Gasteiger partial charge in [0.05, 0.1) is 6.61 Å². The minimum Gasteiger partial charge on any atom is -0.381 e. The monoisotopic (exact) mass is 351 g/mol. The normalized spacial score (nSPS) is 30.4. The number of guanidine groups is 1. The van der Waals surface area contributed by atoms with Crippen molar-refractivity contribution in [1.29, 1.82) is 0 Å². The van der Waals surface area contributed by atoms with E-state index in [2.05, 4.69) is 38.9 Å². The molecule has 0 bridgehead atoms. The summed E-state index contributed by atoms with van der Waals surface area (Å²) in [4.78, 5) is 12.1. The van der Waals surface area contributed by atoms with Gasteiger partial charge in [-0.1, -0.05) is 13.8 Å². The molecule has 0 radical (unpaired) electrons. The molecule has 6 nitrogen and oxygen atoms in total. The van der Waals surface area contributed by atoms with Gasteiger partial charge in [-0.05, 0) is 25.3 Å². The highest BCUT2D eigenvalue weighted by Crippen LogP contribution is 2.38. The van der Waals surface area contributed by atoms with Crippen LogP contribution in [0.25, 0.3) is 0 Å². The Balaban J connectivity index is 1.39. The van der Waals surface area contributed by atoms with E-state index in [1.807, 2.05) is 7.05 Å². The lowest BCUT2D eigenvalue weighted by atomic mass is 9.87. The van der Waals surface area contributed by atoms with E-state index in [4.69, 9.17) is 4.74 Å². The van der Waals surface area contributed by atoms with Gasteiger partial charge in [-0.15, -0.1) is 0 Å². The first-order chi connectivity index (χ1) is 12.1. The van der Waals surface area contributed by atoms with Crippen molar-refractivity contribution >= 4 is 5.96 Å². The van der Waals surface area contributed by atoms with Crippen LogP contribution in [0, 0.1) is 11.3 Å². The third-order valence-electron chi connectivity index (χ3n) is 6.23. The molecule has 0 aliphatic carbocycles. The largest absolute Gasteiger partial charge is 0.381 e. The first-order valence-electron chi connectivity index (χ1n) is 10.1. The van der Waals surface area contributed by atoms with Gasteiger partial charge in [-0.25, -0.2) is 0 Å². The summed E-state index contributed by atoms with van der Waals surface area (Å²) < 4.78 is 5.65. The number of likely N-dealkylation sites (N-methyl/N-ethyl adjacent to an activating group) is 1. The van der Waals surface area contributed by atoms with Gasteiger partial charge in [0, 0.05) is 71.4 Å². The molecule has 3 heterocycles. The Labute approximate surface area is 153 Å². The van der Waals surface area contributed by atoms with E-state index >= 15 is 0 Å². The molecule has 3 fully saturated rings.